The highest BCUT2D eigenvalue weighted by molar-refractivity contribution is 5.67. The molecular formula is C12H20O2. The topological polar surface area (TPSA) is 26.3 Å². The second kappa shape index (κ2) is 3.76. The summed E-state index contributed by atoms with van der Waals surface area (Å²) in [7, 11) is 0. The molecule has 0 N–H and O–H groups in total. The molecule has 14 heavy (non-hydrogen) atoms. The summed E-state index contributed by atoms with van der Waals surface area (Å²) in [4.78, 5) is 11.0. The van der Waals surface area contributed by atoms with Gasteiger partial charge in [0.15, 0.2) is 0 Å². The molecule has 0 radical (unpaired) electrons. The van der Waals surface area contributed by atoms with E-state index in [-0.39, 0.29) is 5.97 Å². The van der Waals surface area contributed by atoms with Gasteiger partial charge in [-0.3, -0.25) is 4.79 Å². The second-order valence-electron chi connectivity index (χ2n) is 4.80. The molecule has 0 aromatic rings. The maximum absolute atomic E-state index is 11.0. The molecule has 0 saturated heterocycles. The monoisotopic (exact) mass is 196 g/mol. The summed E-state index contributed by atoms with van der Waals surface area (Å²) in [6.07, 6.45) is 2.05. The highest BCUT2D eigenvalue weighted by Crippen LogP contribution is 2.41. The molecule has 1 saturated carbocycles. The molecule has 3 atom stereocenters. The third kappa shape index (κ3) is 2.17. The van der Waals surface area contributed by atoms with E-state index >= 15 is 0 Å². The van der Waals surface area contributed by atoms with E-state index in [0.29, 0.717) is 11.8 Å². The summed E-state index contributed by atoms with van der Waals surface area (Å²) in [6, 6.07) is 0. The van der Waals surface area contributed by atoms with E-state index in [4.69, 9.17) is 4.74 Å². The van der Waals surface area contributed by atoms with Crippen LogP contribution in [-0.2, 0) is 9.53 Å². The van der Waals surface area contributed by atoms with Crippen LogP contribution in [0, 0.1) is 11.8 Å². The maximum Gasteiger partial charge on any atom is 0.303 e. The molecule has 1 aliphatic rings. The van der Waals surface area contributed by atoms with Gasteiger partial charge >= 0.3 is 5.97 Å². The van der Waals surface area contributed by atoms with Crippen molar-refractivity contribution in [2.45, 2.75) is 46.1 Å². The van der Waals surface area contributed by atoms with Crippen LogP contribution in [-0.4, -0.2) is 11.6 Å². The zero-order valence-electron chi connectivity index (χ0n) is 9.59. The Bertz CT molecular complexity index is 257. The Kier molecular flexibility index (Phi) is 3.03. The number of ether oxygens (including phenoxy) is 1. The normalized spacial score (nSPS) is 38.1. The number of carbonyl (C=O) groups excluding carboxylic acids is 1. The lowest BCUT2D eigenvalue weighted by Crippen LogP contribution is -2.41. The zero-order chi connectivity index (χ0) is 10.9. The standard InChI is InChI=1S/C12H20O2/c1-8-6-9(2)10(3)12(5,7-8)14-11(4)13/h8-9H,3,6-7H2,1-2,4-5H3. The number of esters is 1. The number of carbonyl (C=O) groups is 1. The van der Waals surface area contributed by atoms with Crippen LogP contribution in [0.5, 0.6) is 0 Å². The van der Waals surface area contributed by atoms with Gasteiger partial charge in [-0.15, -0.1) is 0 Å². The van der Waals surface area contributed by atoms with Crippen LogP contribution >= 0.6 is 0 Å². The Hall–Kier alpha value is -0.790. The lowest BCUT2D eigenvalue weighted by Gasteiger charge is -2.41. The lowest BCUT2D eigenvalue weighted by molar-refractivity contribution is -0.155. The van der Waals surface area contributed by atoms with E-state index in [1.807, 2.05) is 6.92 Å². The van der Waals surface area contributed by atoms with Crippen molar-refractivity contribution in [2.24, 2.45) is 11.8 Å². The van der Waals surface area contributed by atoms with Crippen LogP contribution < -0.4 is 0 Å². The first-order chi connectivity index (χ1) is 6.35. The van der Waals surface area contributed by atoms with Gasteiger partial charge in [-0.2, -0.15) is 0 Å². The minimum Gasteiger partial charge on any atom is -0.455 e. The largest absolute Gasteiger partial charge is 0.455 e. The molecule has 2 nitrogen and oxygen atoms in total. The van der Waals surface area contributed by atoms with Gasteiger partial charge in [0.25, 0.3) is 0 Å². The van der Waals surface area contributed by atoms with Crippen molar-refractivity contribution in [1.82, 2.24) is 0 Å². The van der Waals surface area contributed by atoms with Crippen molar-refractivity contribution >= 4 is 5.97 Å². The van der Waals surface area contributed by atoms with Crippen LogP contribution in [0.25, 0.3) is 0 Å². The van der Waals surface area contributed by atoms with Crippen LogP contribution in [0.2, 0.25) is 0 Å². The molecule has 0 aromatic carbocycles. The molecular weight excluding hydrogens is 176 g/mol. The summed E-state index contributed by atoms with van der Waals surface area (Å²) in [6.45, 7) is 11.8. The molecule has 1 aliphatic carbocycles. The predicted octanol–water partition coefficient (Wildman–Crippen LogP) is 2.93. The molecule has 0 aliphatic heterocycles. The highest BCUT2D eigenvalue weighted by atomic mass is 16.6. The first kappa shape index (κ1) is 11.3. The van der Waals surface area contributed by atoms with Crippen LogP contribution in [0.3, 0.4) is 0 Å². The Morgan fingerprint density at radius 1 is 1.57 bits per heavy atom. The zero-order valence-corrected chi connectivity index (χ0v) is 9.59. The molecule has 1 rings (SSSR count). The molecule has 0 spiro atoms. The molecule has 0 amide bonds. The van der Waals surface area contributed by atoms with E-state index in [0.717, 1.165) is 18.4 Å². The van der Waals surface area contributed by atoms with Crippen LogP contribution in [0.1, 0.15) is 40.5 Å². The minimum absolute atomic E-state index is 0.213. The first-order valence-electron chi connectivity index (χ1n) is 5.24. The Morgan fingerprint density at radius 3 is 2.64 bits per heavy atom. The predicted molar refractivity (Wildman–Crippen MR) is 56.9 cm³/mol. The van der Waals surface area contributed by atoms with Crippen molar-refractivity contribution in [3.63, 3.8) is 0 Å². The van der Waals surface area contributed by atoms with Crippen LogP contribution in [0.15, 0.2) is 12.2 Å². The summed E-state index contributed by atoms with van der Waals surface area (Å²) >= 11 is 0. The maximum atomic E-state index is 11.0. The Labute approximate surface area is 86.3 Å². The van der Waals surface area contributed by atoms with Gasteiger partial charge in [0.1, 0.15) is 5.60 Å². The Morgan fingerprint density at radius 2 is 2.14 bits per heavy atom. The molecule has 0 bridgehead atoms. The van der Waals surface area contributed by atoms with E-state index in [1.54, 1.807) is 0 Å². The van der Waals surface area contributed by atoms with Gasteiger partial charge < -0.3 is 4.74 Å². The van der Waals surface area contributed by atoms with Gasteiger partial charge in [0, 0.05) is 6.92 Å². The van der Waals surface area contributed by atoms with E-state index in [9.17, 15) is 4.79 Å². The van der Waals surface area contributed by atoms with Gasteiger partial charge in [0.2, 0.25) is 0 Å². The van der Waals surface area contributed by atoms with Crippen molar-refractivity contribution in [2.75, 3.05) is 0 Å². The average Bonchev–Trinajstić information content (AvgIpc) is 1.98. The van der Waals surface area contributed by atoms with E-state index in [1.165, 1.54) is 6.92 Å². The van der Waals surface area contributed by atoms with Crippen molar-refractivity contribution in [3.8, 4) is 0 Å². The fourth-order valence-electron chi connectivity index (χ4n) is 2.57. The summed E-state index contributed by atoms with van der Waals surface area (Å²) in [5, 5.41) is 0. The van der Waals surface area contributed by atoms with Gasteiger partial charge in [-0.25, -0.2) is 0 Å². The summed E-state index contributed by atoms with van der Waals surface area (Å²) in [5.74, 6) is 0.831. The van der Waals surface area contributed by atoms with E-state index < -0.39 is 5.60 Å². The smallest absolute Gasteiger partial charge is 0.303 e. The average molecular weight is 196 g/mol. The minimum atomic E-state index is -0.442. The second-order valence-corrected chi connectivity index (χ2v) is 4.80. The van der Waals surface area contributed by atoms with E-state index in [2.05, 4.69) is 20.4 Å². The van der Waals surface area contributed by atoms with Gasteiger partial charge in [-0.05, 0) is 37.2 Å². The molecule has 2 heteroatoms. The fourth-order valence-corrected chi connectivity index (χ4v) is 2.57. The third-order valence-corrected chi connectivity index (χ3v) is 3.14. The lowest BCUT2D eigenvalue weighted by atomic mass is 9.71. The van der Waals surface area contributed by atoms with Crippen molar-refractivity contribution < 1.29 is 9.53 Å². The molecule has 0 heterocycles. The SMILES string of the molecule is C=C1C(C)CC(C)CC1(C)OC(C)=O. The molecule has 80 valence electrons. The number of hydrogen-bond donors (Lipinski definition) is 0. The first-order valence-corrected chi connectivity index (χ1v) is 5.24. The number of hydrogen-bond acceptors (Lipinski definition) is 2. The summed E-state index contributed by atoms with van der Waals surface area (Å²) in [5.41, 5.74) is 0.619. The molecule has 1 fully saturated rings. The number of rotatable bonds is 1. The molecule has 0 aromatic heterocycles. The molecule has 3 unspecified atom stereocenters. The van der Waals surface area contributed by atoms with Gasteiger partial charge in [0.05, 0.1) is 0 Å². The van der Waals surface area contributed by atoms with Gasteiger partial charge in [-0.1, -0.05) is 20.4 Å². The quantitative estimate of drug-likeness (QED) is 0.476. The highest BCUT2D eigenvalue weighted by Gasteiger charge is 2.39. The van der Waals surface area contributed by atoms with Crippen molar-refractivity contribution in [1.29, 1.82) is 0 Å². The third-order valence-electron chi connectivity index (χ3n) is 3.14. The Balaban J connectivity index is 2.83. The van der Waals surface area contributed by atoms with Crippen LogP contribution in [0.4, 0.5) is 0 Å². The van der Waals surface area contributed by atoms with Crippen molar-refractivity contribution in [3.05, 3.63) is 12.2 Å². The fraction of sp³-hybridized carbons (Fsp3) is 0.750. The summed E-state index contributed by atoms with van der Waals surface area (Å²) < 4.78 is 5.39.